The first-order valence-corrected chi connectivity index (χ1v) is 13.3. The second-order valence-corrected chi connectivity index (χ2v) is 11.5. The molecule has 1 unspecified atom stereocenters. The first kappa shape index (κ1) is 26.1. The van der Waals surface area contributed by atoms with Crippen molar-refractivity contribution in [2.24, 2.45) is 17.8 Å². The van der Waals surface area contributed by atoms with Crippen molar-refractivity contribution in [3.8, 4) is 0 Å². The Morgan fingerprint density at radius 3 is 2.31 bits per heavy atom. The molecule has 0 radical (unpaired) electrons. The lowest BCUT2D eigenvalue weighted by atomic mass is 9.68. The van der Waals surface area contributed by atoms with Gasteiger partial charge in [-0.3, -0.25) is 4.79 Å². The van der Waals surface area contributed by atoms with Crippen molar-refractivity contribution in [1.29, 1.82) is 0 Å². The van der Waals surface area contributed by atoms with Crippen LogP contribution in [0.15, 0.2) is 16.8 Å². The van der Waals surface area contributed by atoms with Crippen molar-refractivity contribution in [2.75, 3.05) is 0 Å². The number of pyridine rings is 1. The molecule has 210 valence electrons. The van der Waals surface area contributed by atoms with Crippen LogP contribution in [0.3, 0.4) is 0 Å². The number of H-pyrrole nitrogens is 1. The molecule has 6 rings (SSSR count). The van der Waals surface area contributed by atoms with Crippen molar-refractivity contribution in [3.63, 3.8) is 0 Å². The predicted octanol–water partition coefficient (Wildman–Crippen LogP) is 5.96. The van der Waals surface area contributed by atoms with Crippen molar-refractivity contribution in [1.82, 2.24) is 30.6 Å². The highest BCUT2D eigenvalue weighted by Gasteiger charge is 2.51. The van der Waals surface area contributed by atoms with Crippen molar-refractivity contribution < 1.29 is 31.4 Å². The van der Waals surface area contributed by atoms with E-state index in [2.05, 4.69) is 35.2 Å². The standard InChI is InChI=1S/C26H29F5N6O2/c1-13-19(37-39-36-13)23(38)34-20(18(14-2-3-14)15-4-5-15)22-32-16-6-7-17(33-21(16)35-22)24(12-26(29,30)31)8-10-25(27,28)11-9-24/h6-7,14-15,18,20H,2-5,8-12H2,1H3,(H,34,38)(H,32,33,35). The van der Waals surface area contributed by atoms with Gasteiger partial charge in [0.15, 0.2) is 11.3 Å². The van der Waals surface area contributed by atoms with Gasteiger partial charge in [0.1, 0.15) is 11.5 Å². The van der Waals surface area contributed by atoms with Gasteiger partial charge in [-0.1, -0.05) is 5.16 Å². The van der Waals surface area contributed by atoms with E-state index in [1.54, 1.807) is 13.0 Å². The third-order valence-corrected chi connectivity index (χ3v) is 8.55. The van der Waals surface area contributed by atoms with Gasteiger partial charge in [-0.2, -0.15) is 13.2 Å². The summed E-state index contributed by atoms with van der Waals surface area (Å²) in [5.74, 6) is -1.99. The van der Waals surface area contributed by atoms with E-state index >= 15 is 0 Å². The molecule has 1 amide bonds. The molecule has 3 aliphatic carbocycles. The molecule has 0 aliphatic heterocycles. The van der Waals surface area contributed by atoms with E-state index in [9.17, 15) is 26.7 Å². The molecule has 8 nitrogen and oxygen atoms in total. The Hall–Kier alpha value is -3.12. The van der Waals surface area contributed by atoms with Crippen LogP contribution in [-0.4, -0.2) is 43.3 Å². The lowest BCUT2D eigenvalue weighted by Crippen LogP contribution is -2.40. The zero-order valence-corrected chi connectivity index (χ0v) is 21.3. The summed E-state index contributed by atoms with van der Waals surface area (Å²) in [4.78, 5) is 25.5. The zero-order chi connectivity index (χ0) is 27.6. The highest BCUT2D eigenvalue weighted by Crippen LogP contribution is 2.54. The highest BCUT2D eigenvalue weighted by molar-refractivity contribution is 5.93. The molecule has 13 heteroatoms. The Labute approximate surface area is 220 Å². The molecule has 0 saturated heterocycles. The van der Waals surface area contributed by atoms with Gasteiger partial charge in [0.05, 0.1) is 18.0 Å². The number of aromatic amines is 1. The average Bonchev–Trinajstić information content (AvgIpc) is 3.79. The summed E-state index contributed by atoms with van der Waals surface area (Å²) in [6.45, 7) is 1.62. The number of hydrogen-bond acceptors (Lipinski definition) is 6. The maximum Gasteiger partial charge on any atom is 0.390 e. The Morgan fingerprint density at radius 2 is 1.74 bits per heavy atom. The molecule has 3 saturated carbocycles. The van der Waals surface area contributed by atoms with E-state index in [-0.39, 0.29) is 35.8 Å². The van der Waals surface area contributed by atoms with Crippen molar-refractivity contribution in [2.45, 2.75) is 88.3 Å². The number of aryl methyl sites for hydroxylation is 1. The number of amides is 1. The largest absolute Gasteiger partial charge is 0.390 e. The number of alkyl halides is 5. The molecule has 3 fully saturated rings. The number of nitrogens with one attached hydrogen (secondary N) is 2. The number of nitrogens with zero attached hydrogens (tertiary/aromatic N) is 4. The minimum absolute atomic E-state index is 0.0741. The topological polar surface area (TPSA) is 110 Å². The maximum atomic E-state index is 13.9. The van der Waals surface area contributed by atoms with Crippen LogP contribution in [0.25, 0.3) is 11.2 Å². The molecule has 2 N–H and O–H groups in total. The fourth-order valence-electron chi connectivity index (χ4n) is 6.24. The van der Waals surface area contributed by atoms with Crippen LogP contribution in [0.4, 0.5) is 22.0 Å². The minimum Gasteiger partial charge on any atom is -0.340 e. The van der Waals surface area contributed by atoms with Crippen molar-refractivity contribution >= 4 is 17.1 Å². The van der Waals surface area contributed by atoms with Crippen LogP contribution in [0.2, 0.25) is 0 Å². The predicted molar refractivity (Wildman–Crippen MR) is 128 cm³/mol. The summed E-state index contributed by atoms with van der Waals surface area (Å²) in [5, 5.41) is 10.4. The number of halogens is 5. The van der Waals surface area contributed by atoms with E-state index in [4.69, 9.17) is 0 Å². The van der Waals surface area contributed by atoms with Crippen LogP contribution < -0.4 is 5.32 Å². The first-order chi connectivity index (χ1) is 18.4. The van der Waals surface area contributed by atoms with Crippen LogP contribution in [0, 0.1) is 24.7 Å². The van der Waals surface area contributed by atoms with Crippen LogP contribution in [0.5, 0.6) is 0 Å². The lowest BCUT2D eigenvalue weighted by molar-refractivity contribution is -0.159. The summed E-state index contributed by atoms with van der Waals surface area (Å²) in [7, 11) is 0. The molecule has 0 bridgehead atoms. The Kier molecular flexibility index (Phi) is 6.18. The molecular weight excluding hydrogens is 523 g/mol. The van der Waals surface area contributed by atoms with Crippen LogP contribution in [-0.2, 0) is 5.41 Å². The molecule has 3 aromatic heterocycles. The smallest absolute Gasteiger partial charge is 0.340 e. The van der Waals surface area contributed by atoms with E-state index in [0.717, 1.165) is 25.7 Å². The molecule has 3 aromatic rings. The second kappa shape index (κ2) is 9.22. The number of carbonyl (C=O) groups excluding carboxylic acids is 1. The SMILES string of the molecule is Cc1nonc1C(=O)NC(c1nc2nc(C3(CC(F)(F)F)CCC(F)(F)CC3)ccc2[nH]1)C(C1CC1)C1CC1. The number of fused-ring (bicyclic) bond motifs is 1. The minimum atomic E-state index is -4.54. The van der Waals surface area contributed by atoms with Gasteiger partial charge in [-0.05, 0) is 80.5 Å². The van der Waals surface area contributed by atoms with Gasteiger partial charge in [-0.15, -0.1) is 0 Å². The molecule has 39 heavy (non-hydrogen) atoms. The molecule has 3 heterocycles. The van der Waals surface area contributed by atoms with Gasteiger partial charge in [0.2, 0.25) is 5.92 Å². The van der Waals surface area contributed by atoms with E-state index in [0.29, 0.717) is 28.9 Å². The molecule has 0 aromatic carbocycles. The van der Waals surface area contributed by atoms with Gasteiger partial charge in [0, 0.05) is 24.0 Å². The number of imidazole rings is 1. The number of hydrogen-bond donors (Lipinski definition) is 2. The normalized spacial score (nSPS) is 21.8. The first-order valence-electron chi connectivity index (χ1n) is 13.3. The molecule has 1 atom stereocenters. The maximum absolute atomic E-state index is 13.9. The van der Waals surface area contributed by atoms with Crippen LogP contribution in [0.1, 0.15) is 91.5 Å². The second-order valence-electron chi connectivity index (χ2n) is 11.5. The zero-order valence-electron chi connectivity index (χ0n) is 21.3. The van der Waals surface area contributed by atoms with Crippen LogP contribution >= 0.6 is 0 Å². The monoisotopic (exact) mass is 552 g/mol. The summed E-state index contributed by atoms with van der Waals surface area (Å²) in [6, 6.07) is 2.59. The number of carbonyl (C=O) groups is 1. The summed E-state index contributed by atoms with van der Waals surface area (Å²) in [5.41, 5.74) is -0.296. The van der Waals surface area contributed by atoms with Gasteiger partial charge >= 0.3 is 6.18 Å². The Balaban J connectivity index is 1.36. The number of rotatable bonds is 8. The fourth-order valence-corrected chi connectivity index (χ4v) is 6.24. The summed E-state index contributed by atoms with van der Waals surface area (Å²) in [6.07, 6.45) is -3.44. The Morgan fingerprint density at radius 1 is 1.08 bits per heavy atom. The fraction of sp³-hybridized carbons (Fsp3) is 0.654. The van der Waals surface area contributed by atoms with Gasteiger partial charge < -0.3 is 10.3 Å². The third-order valence-electron chi connectivity index (χ3n) is 8.55. The van der Waals surface area contributed by atoms with E-state index in [1.807, 2.05) is 0 Å². The average molecular weight is 553 g/mol. The lowest BCUT2D eigenvalue weighted by Gasteiger charge is -2.40. The molecular formula is C26H29F5N6O2. The Bertz CT molecular complexity index is 1350. The molecule has 0 spiro atoms. The number of aromatic nitrogens is 5. The summed E-state index contributed by atoms with van der Waals surface area (Å²) < 4.78 is 73.4. The van der Waals surface area contributed by atoms with Gasteiger partial charge in [0.25, 0.3) is 5.91 Å². The van der Waals surface area contributed by atoms with E-state index < -0.39 is 48.7 Å². The van der Waals surface area contributed by atoms with Crippen molar-refractivity contribution in [3.05, 3.63) is 35.0 Å². The quantitative estimate of drug-likeness (QED) is 0.334. The molecule has 3 aliphatic rings. The third kappa shape index (κ3) is 5.36. The van der Waals surface area contributed by atoms with E-state index in [1.165, 1.54) is 6.07 Å². The highest BCUT2D eigenvalue weighted by atomic mass is 19.4. The summed E-state index contributed by atoms with van der Waals surface area (Å²) >= 11 is 0. The van der Waals surface area contributed by atoms with Gasteiger partial charge in [-0.25, -0.2) is 23.4 Å².